The molecule has 0 saturated heterocycles. The van der Waals surface area contributed by atoms with Gasteiger partial charge in [-0.05, 0) is 246 Å². The molecule has 6 heterocycles. The van der Waals surface area contributed by atoms with Gasteiger partial charge in [0.1, 0.15) is 5.82 Å². The van der Waals surface area contributed by atoms with Crippen LogP contribution in [0.25, 0.3) is 37.6 Å². The summed E-state index contributed by atoms with van der Waals surface area (Å²) in [5, 5.41) is 18.6. The molecular weight excluding hydrogens is 1310 g/mol. The van der Waals surface area contributed by atoms with Gasteiger partial charge in [0.05, 0.1) is 23.1 Å². The van der Waals surface area contributed by atoms with Crippen LogP contribution in [-0.4, -0.2) is 61.6 Å². The van der Waals surface area contributed by atoms with Gasteiger partial charge in [0.25, 0.3) is 11.8 Å². The molecule has 0 aliphatic carbocycles. The maximum Gasteiger partial charge on any atom is 0.255 e. The summed E-state index contributed by atoms with van der Waals surface area (Å²) in [5.74, 6) is -0.594. The number of aromatic nitrogens is 6. The van der Waals surface area contributed by atoms with Crippen LogP contribution in [0.4, 0.5) is 61.3 Å². The highest BCUT2D eigenvalue weighted by Crippen LogP contribution is 2.32. The number of nitrogens with one attached hydrogen (secondary N) is 5. The molecule has 0 aliphatic rings. The molecule has 17 heteroatoms. The van der Waals surface area contributed by atoms with Gasteiger partial charge in [-0.2, -0.15) is 0 Å². The average molecular weight is 1380 g/mol. The number of pyridine rings is 6. The zero-order chi connectivity index (χ0) is 72.3. The molecule has 0 fully saturated rings. The number of hydrogen-bond acceptors (Lipinski definition) is 13. The van der Waals surface area contributed by atoms with E-state index in [-0.39, 0.29) is 23.4 Å². The van der Waals surface area contributed by atoms with Gasteiger partial charge in [-0.1, -0.05) is 66.7 Å². The second-order valence-electron chi connectivity index (χ2n) is 25.1. The summed E-state index contributed by atoms with van der Waals surface area (Å²) in [6.45, 7) is 7.29. The number of ketones is 1. The van der Waals surface area contributed by atoms with E-state index in [0.29, 0.717) is 39.7 Å². The van der Waals surface area contributed by atoms with Gasteiger partial charge in [0.15, 0.2) is 11.5 Å². The van der Waals surface area contributed by atoms with Gasteiger partial charge in [0, 0.05) is 160 Å². The van der Waals surface area contributed by atoms with Gasteiger partial charge in [-0.3, -0.25) is 44.3 Å². The van der Waals surface area contributed by atoms with Gasteiger partial charge in [-0.15, -0.1) is 0 Å². The van der Waals surface area contributed by atoms with E-state index in [1.54, 1.807) is 86.1 Å². The SMILES string of the molecule is CN(C)c1ccc2nccc(Nc3ccc(C(=O)Nc4ccc(Cc5ccncc5)cc4)cc3)c2c1.O=C(Nc1ccc(Cc2ccncc2)cc1)c1ccc(Nc2ccnc3ccc(F)cc23)cc1.[C-]#[N+]c1ccc2nccc(Nc3cccc(C(=O)Cc4cccc(Cc5ccncc5)c4)c3)c2c1. The Morgan fingerprint density at radius 2 is 0.790 bits per heavy atom. The maximum absolute atomic E-state index is 13.7. The predicted molar refractivity (Wildman–Crippen MR) is 419 cm³/mol. The van der Waals surface area contributed by atoms with Crippen molar-refractivity contribution in [2.75, 3.05) is 45.6 Å². The van der Waals surface area contributed by atoms with Crippen LogP contribution in [0.15, 0.2) is 311 Å². The first-order valence-corrected chi connectivity index (χ1v) is 33.9. The molecule has 105 heavy (non-hydrogen) atoms. The molecule has 15 rings (SSSR count). The minimum atomic E-state index is -0.319. The highest BCUT2D eigenvalue weighted by Gasteiger charge is 2.14. The Kier molecular flexibility index (Phi) is 22.0. The third kappa shape index (κ3) is 18.7. The van der Waals surface area contributed by atoms with Crippen LogP contribution < -0.4 is 31.5 Å². The monoisotopic (exact) mass is 1380 g/mol. The minimum Gasteiger partial charge on any atom is -0.378 e. The molecule has 6 aromatic heterocycles. The van der Waals surface area contributed by atoms with E-state index in [4.69, 9.17) is 6.57 Å². The first-order valence-electron chi connectivity index (χ1n) is 33.9. The number of carbonyl (C=O) groups is 3. The number of hydrogen-bond donors (Lipinski definition) is 5. The third-order valence-electron chi connectivity index (χ3n) is 17.4. The Balaban J connectivity index is 0.000000140. The van der Waals surface area contributed by atoms with Gasteiger partial charge in [0.2, 0.25) is 0 Å². The van der Waals surface area contributed by atoms with E-state index in [1.807, 2.05) is 202 Å². The van der Waals surface area contributed by atoms with Crippen LogP contribution in [0.1, 0.15) is 70.0 Å². The Morgan fingerprint density at radius 1 is 0.371 bits per heavy atom. The van der Waals surface area contributed by atoms with Crippen molar-refractivity contribution in [1.82, 2.24) is 29.9 Å². The fourth-order valence-electron chi connectivity index (χ4n) is 11.9. The molecule has 0 radical (unpaired) electrons. The van der Waals surface area contributed by atoms with E-state index in [9.17, 15) is 18.8 Å². The second-order valence-corrected chi connectivity index (χ2v) is 25.1. The normalized spacial score (nSPS) is 10.7. The summed E-state index contributed by atoms with van der Waals surface area (Å²) in [6.07, 6.45) is 18.7. The molecule has 2 amide bonds. The van der Waals surface area contributed by atoms with E-state index >= 15 is 0 Å². The molecule has 0 atom stereocenters. The van der Waals surface area contributed by atoms with Gasteiger partial charge in [-0.25, -0.2) is 9.24 Å². The van der Waals surface area contributed by atoms with E-state index in [1.165, 1.54) is 39.9 Å². The van der Waals surface area contributed by atoms with Crippen LogP contribution in [0, 0.1) is 12.4 Å². The van der Waals surface area contributed by atoms with Crippen LogP contribution in [0.5, 0.6) is 0 Å². The van der Waals surface area contributed by atoms with E-state index < -0.39 is 0 Å². The Bertz CT molecular complexity index is 5570. The highest BCUT2D eigenvalue weighted by molar-refractivity contribution is 6.06. The largest absolute Gasteiger partial charge is 0.378 e. The number of nitrogens with zero attached hydrogens (tertiary/aromatic N) is 8. The molecule has 5 N–H and O–H groups in total. The quantitative estimate of drug-likeness (QED) is 0.0357. The second kappa shape index (κ2) is 33.4. The molecule has 16 nitrogen and oxygen atoms in total. The summed E-state index contributed by atoms with van der Waals surface area (Å²) in [4.78, 5) is 69.4. The number of amides is 2. The summed E-state index contributed by atoms with van der Waals surface area (Å²) in [5.41, 5.74) is 20.5. The van der Waals surface area contributed by atoms with Crippen LogP contribution >= 0.6 is 0 Å². The smallest absolute Gasteiger partial charge is 0.255 e. The molecule has 0 unspecified atom stereocenters. The Labute approximate surface area is 607 Å². The van der Waals surface area contributed by atoms with Crippen LogP contribution in [-0.2, 0) is 25.7 Å². The maximum atomic E-state index is 13.7. The lowest BCUT2D eigenvalue weighted by Crippen LogP contribution is -2.11. The standard InChI is InChI=1S/C30H27N5O.C30H22N4O.C28H21FN4O/c1-35(2)26-11-12-28-27(20-26)29(15-18-32-28)33-24-9-5-23(6-10-24)30(36)34-25-7-3-21(4-8-25)19-22-13-16-31-17-14-22;1-31-25-8-9-28-27(20-25)29(12-15-33-28)34-26-7-3-6-24(19-26)30(35)18-23-5-2-4-22(17-23)16-21-10-13-32-14-11-21;29-22-5-10-26-25(18-22)27(13-16-31-26)32-23-8-3-21(4-9-23)28(34)33-24-6-1-19(2-7-24)17-20-11-14-30-15-12-20/h3-18,20H,19H2,1-2H3,(H,32,33)(H,34,36);2-15,17,19-20H,16,18H2,(H,33,34);1-16,18H,17H2,(H,31,32)(H,33,34). The molecule has 0 saturated carbocycles. The van der Waals surface area contributed by atoms with Crippen LogP contribution in [0.3, 0.4) is 0 Å². The van der Waals surface area contributed by atoms with Crippen molar-refractivity contribution in [1.29, 1.82) is 0 Å². The lowest BCUT2D eigenvalue weighted by molar-refractivity contribution is 0.0989. The molecule has 0 bridgehead atoms. The fourth-order valence-corrected chi connectivity index (χ4v) is 11.9. The zero-order valence-corrected chi connectivity index (χ0v) is 57.5. The number of halogens is 1. The van der Waals surface area contributed by atoms with Crippen LogP contribution in [0.2, 0.25) is 0 Å². The van der Waals surface area contributed by atoms with Crippen molar-refractivity contribution in [2.45, 2.75) is 25.7 Å². The highest BCUT2D eigenvalue weighted by atomic mass is 19.1. The Morgan fingerprint density at radius 3 is 1.29 bits per heavy atom. The van der Waals surface area contributed by atoms with Crippen molar-refractivity contribution >= 4 is 107 Å². The molecular formula is C88H70FN13O3. The number of carbonyl (C=O) groups excluding carboxylic acids is 3. The molecule has 0 spiro atoms. The number of Topliss-reactive ketones (excluding diaryl/α,β-unsaturated/α-hetero) is 1. The molecule has 0 aliphatic heterocycles. The third-order valence-corrected chi connectivity index (χ3v) is 17.4. The van der Waals surface area contributed by atoms with Crippen molar-refractivity contribution in [3.05, 3.63) is 383 Å². The van der Waals surface area contributed by atoms with Gasteiger partial charge >= 0.3 is 0 Å². The summed E-state index contributed by atoms with van der Waals surface area (Å²) in [7, 11) is 4.04. The van der Waals surface area contributed by atoms with Gasteiger partial charge < -0.3 is 31.5 Å². The first kappa shape index (κ1) is 69.4. The minimum absolute atomic E-state index is 0.0598. The summed E-state index contributed by atoms with van der Waals surface area (Å²) < 4.78 is 13.7. The van der Waals surface area contributed by atoms with Crippen molar-refractivity contribution in [3.8, 4) is 0 Å². The Hall–Kier alpha value is -14.1. The molecule has 9 aromatic carbocycles. The summed E-state index contributed by atoms with van der Waals surface area (Å²) in [6, 6.07) is 79.8. The number of rotatable bonds is 20. The zero-order valence-electron chi connectivity index (χ0n) is 57.5. The molecule has 15 aromatic rings. The fraction of sp³-hybridized carbons (Fsp3) is 0.0682. The number of fused-ring (bicyclic) bond motifs is 3. The lowest BCUT2D eigenvalue weighted by atomic mass is 9.98. The van der Waals surface area contributed by atoms with E-state index in [0.717, 1.165) is 103 Å². The topological polar surface area (TPSA) is 196 Å². The molecule has 512 valence electrons. The summed E-state index contributed by atoms with van der Waals surface area (Å²) >= 11 is 0. The lowest BCUT2D eigenvalue weighted by Gasteiger charge is -2.15. The van der Waals surface area contributed by atoms with E-state index in [2.05, 4.69) is 90.5 Å². The predicted octanol–water partition coefficient (Wildman–Crippen LogP) is 19.6. The van der Waals surface area contributed by atoms with Crippen molar-refractivity contribution < 1.29 is 18.8 Å². The average Bonchev–Trinajstić information content (AvgIpc) is 0.818. The van der Waals surface area contributed by atoms with Crippen molar-refractivity contribution in [3.63, 3.8) is 0 Å². The first-order chi connectivity index (χ1) is 51.4. The number of benzene rings is 9. The number of anilines is 9. The van der Waals surface area contributed by atoms with Crippen molar-refractivity contribution in [2.24, 2.45) is 0 Å².